The van der Waals surface area contributed by atoms with Crippen LogP contribution in [-0.4, -0.2) is 37.5 Å². The monoisotopic (exact) mass is 909 g/mol. The van der Waals surface area contributed by atoms with Crippen LogP contribution in [0, 0.1) is 0 Å². The second-order valence-electron chi connectivity index (χ2n) is 18.9. The Morgan fingerprint density at radius 2 is 0.606 bits per heavy atom. The lowest BCUT2D eigenvalue weighted by Gasteiger charge is -2.19. The summed E-state index contributed by atoms with van der Waals surface area (Å²) in [6, 6.07) is 0. The summed E-state index contributed by atoms with van der Waals surface area (Å²) in [6.07, 6.45) is 44.3. The largest absolute Gasteiger partial charge is 0.489 e. The van der Waals surface area contributed by atoms with Crippen molar-refractivity contribution in [3.63, 3.8) is 0 Å². The molecule has 370 valence electrons. The second kappa shape index (κ2) is 37.8. The highest BCUT2D eigenvalue weighted by Gasteiger charge is 2.34. The molecule has 0 aromatic rings. The van der Waals surface area contributed by atoms with Crippen LogP contribution >= 0.6 is 0 Å². The van der Waals surface area contributed by atoms with Gasteiger partial charge >= 0.3 is 0 Å². The fraction of sp³-hybridized carbons (Fsp3) is 0.574. The zero-order chi connectivity index (χ0) is 49.9. The first-order chi connectivity index (χ1) is 31.4. The van der Waals surface area contributed by atoms with Crippen LogP contribution in [0.2, 0.25) is 0 Å². The third kappa shape index (κ3) is 30.1. The number of aliphatic hydroxyl groups is 1. The Morgan fingerprint density at radius 1 is 0.394 bits per heavy atom. The molecule has 0 atom stereocenters. The molecule has 0 fully saturated rings. The van der Waals surface area contributed by atoms with E-state index < -0.39 is 0 Å². The molecule has 0 bridgehead atoms. The quantitative estimate of drug-likeness (QED) is 0.0554. The van der Waals surface area contributed by atoms with Crippen molar-refractivity contribution < 1.29 is 24.2 Å². The number of carbonyl (C=O) groups excluding carboxylic acids is 2. The van der Waals surface area contributed by atoms with Gasteiger partial charge in [0.05, 0.1) is 14.2 Å². The van der Waals surface area contributed by atoms with Gasteiger partial charge in [-0.25, -0.2) is 0 Å². The van der Waals surface area contributed by atoms with E-state index in [1.165, 1.54) is 89.2 Å². The van der Waals surface area contributed by atoms with Crippen molar-refractivity contribution in [2.24, 2.45) is 0 Å². The summed E-state index contributed by atoms with van der Waals surface area (Å²) in [5.41, 5.74) is 15.5. The first-order valence-electron chi connectivity index (χ1n) is 25.2. The highest BCUT2D eigenvalue weighted by Crippen LogP contribution is 2.28. The predicted molar refractivity (Wildman–Crippen MR) is 287 cm³/mol. The molecule has 1 aliphatic rings. The molecule has 0 saturated heterocycles. The van der Waals surface area contributed by atoms with Crippen LogP contribution in [-0.2, 0) is 19.1 Å². The summed E-state index contributed by atoms with van der Waals surface area (Å²) in [7, 11) is 2.78. The Hall–Kier alpha value is -4.22. The Balaban J connectivity index is 0.0000137. The minimum atomic E-state index is -0.284. The summed E-state index contributed by atoms with van der Waals surface area (Å²) < 4.78 is 10.3. The first kappa shape index (κ1) is 61.8. The average molecular weight is 909 g/mol. The van der Waals surface area contributed by atoms with Crippen molar-refractivity contribution in [2.75, 3.05) is 20.8 Å². The number of Topliss-reactive ketones (excluding diaryl/α,β-unsaturated/α-hetero) is 2. The third-order valence-electron chi connectivity index (χ3n) is 12.1. The van der Waals surface area contributed by atoms with Gasteiger partial charge in [-0.2, -0.15) is 0 Å². The number of rotatable bonds is 31. The maximum Gasteiger partial charge on any atom is 0.228 e. The molecule has 0 unspecified atom stereocenters. The number of methoxy groups -OCH3 is 2. The van der Waals surface area contributed by atoms with Crippen molar-refractivity contribution >= 4 is 11.6 Å². The van der Waals surface area contributed by atoms with Crippen molar-refractivity contribution in [1.29, 1.82) is 0 Å². The number of hydrogen-bond donors (Lipinski definition) is 1. The van der Waals surface area contributed by atoms with Gasteiger partial charge in [-0.05, 0) is 212 Å². The van der Waals surface area contributed by atoms with Crippen molar-refractivity contribution in [1.82, 2.24) is 0 Å². The summed E-state index contributed by atoms with van der Waals surface area (Å²) >= 11 is 0. The minimum absolute atomic E-state index is 0.00667. The van der Waals surface area contributed by atoms with Gasteiger partial charge in [-0.3, -0.25) is 9.59 Å². The number of ether oxygens (including phenoxy) is 2. The van der Waals surface area contributed by atoms with E-state index in [0.29, 0.717) is 17.6 Å². The molecular weight excluding hydrogens is 813 g/mol. The van der Waals surface area contributed by atoms with E-state index in [-0.39, 0.29) is 29.7 Å². The number of aliphatic hydroxyl groups excluding tert-OH is 1. The van der Waals surface area contributed by atoms with Gasteiger partial charge in [0, 0.05) is 17.8 Å². The Morgan fingerprint density at radius 3 is 0.833 bits per heavy atom. The Labute approximate surface area is 406 Å². The molecule has 66 heavy (non-hydrogen) atoms. The molecule has 0 saturated carbocycles. The fourth-order valence-corrected chi connectivity index (χ4v) is 7.59. The normalized spacial score (nSPS) is 15.4. The van der Waals surface area contributed by atoms with E-state index in [1.54, 1.807) is 13.8 Å². The maximum atomic E-state index is 12.9. The highest BCUT2D eigenvalue weighted by atomic mass is 16.5. The van der Waals surface area contributed by atoms with Crippen LogP contribution in [0.1, 0.15) is 212 Å². The SMILES string of the molecule is CCO.COC1=C(OC)C(=O)C(C/C=C(\C)CC/C=C(\C)CC/C=C(\C)CC/C=C(\C)CC/C=C(\C)CC/C=C(\C)CC/C=C(\C)CC/C=C(\C)CC/C=C(\C)CCC=C(C)C)=C(C)C1=O. The molecule has 0 aliphatic heterocycles. The Bertz CT molecular complexity index is 1870. The molecule has 0 radical (unpaired) electrons. The van der Waals surface area contributed by atoms with Gasteiger partial charge in [0.25, 0.3) is 0 Å². The number of ketones is 2. The summed E-state index contributed by atoms with van der Waals surface area (Å²) in [5.74, 6) is -0.572. The summed E-state index contributed by atoms with van der Waals surface area (Å²) in [4.78, 5) is 25.5. The van der Waals surface area contributed by atoms with Crippen molar-refractivity contribution in [3.8, 4) is 0 Å². The first-order valence-corrected chi connectivity index (χ1v) is 25.2. The molecule has 5 nitrogen and oxygen atoms in total. The minimum Gasteiger partial charge on any atom is -0.489 e. The maximum absolute atomic E-state index is 12.9. The van der Waals surface area contributed by atoms with Crippen LogP contribution in [0.25, 0.3) is 0 Å². The molecule has 1 N–H and O–H groups in total. The van der Waals surface area contributed by atoms with Crippen molar-refractivity contribution in [2.45, 2.75) is 212 Å². The second-order valence-corrected chi connectivity index (χ2v) is 18.9. The average Bonchev–Trinajstić information content (AvgIpc) is 3.25. The van der Waals surface area contributed by atoms with E-state index >= 15 is 0 Å². The fourth-order valence-electron chi connectivity index (χ4n) is 7.59. The van der Waals surface area contributed by atoms with E-state index in [0.717, 1.165) is 96.3 Å². The zero-order valence-corrected chi connectivity index (χ0v) is 45.0. The van der Waals surface area contributed by atoms with E-state index in [9.17, 15) is 9.59 Å². The number of carbonyl (C=O) groups is 2. The molecule has 0 aromatic heterocycles. The van der Waals surface area contributed by atoms with Crippen LogP contribution in [0.15, 0.2) is 139 Å². The molecule has 0 amide bonds. The van der Waals surface area contributed by atoms with Crippen molar-refractivity contribution in [3.05, 3.63) is 139 Å². The molecule has 0 spiro atoms. The molecule has 0 heterocycles. The van der Waals surface area contributed by atoms with E-state index in [1.807, 2.05) is 0 Å². The van der Waals surface area contributed by atoms with Gasteiger partial charge in [0.2, 0.25) is 23.1 Å². The molecule has 1 rings (SSSR count). The summed E-state index contributed by atoms with van der Waals surface area (Å²) in [6.45, 7) is 28.3. The topological polar surface area (TPSA) is 72.8 Å². The standard InChI is InChI=1S/C59H90O4.C2H6O/c1-44(2)24-15-25-45(3)26-16-27-46(4)28-17-29-47(5)30-18-31-48(6)32-19-33-49(7)34-20-35-50(8)36-21-37-51(9)38-22-39-52(10)40-23-41-53(11)42-43-55-54(12)56(60)58(62-13)59(63-14)57(55)61;1-2-3/h24,26,28,30,32,34,36,38,40,42H,15-23,25,27,29,31,33,35,37,39,41,43H2,1-14H3;3H,2H2,1H3/b45-26+,46-28+,47-30+,48-32+,49-34+,50-36+,51-38+,52-40+,53-42+;. The predicted octanol–water partition coefficient (Wildman–Crippen LogP) is 17.9. The lowest BCUT2D eigenvalue weighted by atomic mass is 9.90. The smallest absolute Gasteiger partial charge is 0.228 e. The van der Waals surface area contributed by atoms with Crippen LogP contribution in [0.3, 0.4) is 0 Å². The molecule has 5 heteroatoms. The lowest BCUT2D eigenvalue weighted by molar-refractivity contribution is -0.121. The summed E-state index contributed by atoms with van der Waals surface area (Å²) in [5, 5.41) is 7.57. The third-order valence-corrected chi connectivity index (χ3v) is 12.1. The van der Waals surface area contributed by atoms with E-state index in [2.05, 4.69) is 137 Å². The number of hydrogen-bond acceptors (Lipinski definition) is 5. The van der Waals surface area contributed by atoms with Gasteiger partial charge in [-0.15, -0.1) is 0 Å². The van der Waals surface area contributed by atoms with Crippen LogP contribution in [0.4, 0.5) is 0 Å². The van der Waals surface area contributed by atoms with Gasteiger partial charge in [0.15, 0.2) is 0 Å². The molecular formula is C61H96O5. The van der Waals surface area contributed by atoms with Gasteiger partial charge in [0.1, 0.15) is 0 Å². The lowest BCUT2D eigenvalue weighted by Crippen LogP contribution is -2.24. The highest BCUT2D eigenvalue weighted by molar-refractivity contribution is 6.23. The Kier molecular flexibility index (Phi) is 35.4. The molecule has 1 aliphatic carbocycles. The van der Waals surface area contributed by atoms with Crippen LogP contribution in [0.5, 0.6) is 0 Å². The molecule has 0 aromatic carbocycles. The zero-order valence-electron chi connectivity index (χ0n) is 45.0. The van der Waals surface area contributed by atoms with Gasteiger partial charge in [-0.1, -0.05) is 116 Å². The van der Waals surface area contributed by atoms with E-state index in [4.69, 9.17) is 14.6 Å². The van der Waals surface area contributed by atoms with Crippen LogP contribution < -0.4 is 0 Å². The number of allylic oxidation sites excluding steroid dienone is 22. The van der Waals surface area contributed by atoms with Gasteiger partial charge < -0.3 is 14.6 Å².